The third kappa shape index (κ3) is 2.46. The second-order valence-electron chi connectivity index (χ2n) is 3.99. The molecule has 1 N–H and O–H groups in total. The average Bonchev–Trinajstić information content (AvgIpc) is 2.86. The molecule has 2 heterocycles. The summed E-state index contributed by atoms with van der Waals surface area (Å²) >= 11 is 1.64. The van der Waals surface area contributed by atoms with E-state index in [9.17, 15) is 9.18 Å². The molecule has 0 aliphatic heterocycles. The van der Waals surface area contributed by atoms with Crippen LogP contribution in [0.1, 0.15) is 10.4 Å². The Morgan fingerprint density at radius 2 is 2.11 bits per heavy atom. The number of thiophene rings is 1. The van der Waals surface area contributed by atoms with E-state index >= 15 is 0 Å². The molecule has 3 rings (SSSR count). The van der Waals surface area contributed by atoms with Gasteiger partial charge in [-0.1, -0.05) is 0 Å². The Hall–Kier alpha value is -2.27. The molecule has 1 amide bonds. The van der Waals surface area contributed by atoms with Crippen LogP contribution in [0.4, 0.5) is 10.1 Å². The Kier molecular flexibility index (Phi) is 2.97. The smallest absolute Gasteiger partial charge is 0.255 e. The van der Waals surface area contributed by atoms with Crippen molar-refractivity contribution in [3.63, 3.8) is 0 Å². The first kappa shape index (κ1) is 11.8. The summed E-state index contributed by atoms with van der Waals surface area (Å²) in [6.45, 7) is 0. The average molecular weight is 272 g/mol. The standard InChI is InChI=1S/C14H9FN2OS/c15-13-8-10(3-5-16-13)14(18)17-11-1-2-12-9(7-11)4-6-19-12/h1-8H,(H,17,18). The topological polar surface area (TPSA) is 42.0 Å². The van der Waals surface area contributed by atoms with Gasteiger partial charge >= 0.3 is 0 Å². The number of aromatic nitrogens is 1. The lowest BCUT2D eigenvalue weighted by molar-refractivity contribution is 0.102. The van der Waals surface area contributed by atoms with E-state index in [0.717, 1.165) is 16.2 Å². The Balaban J connectivity index is 1.86. The number of benzene rings is 1. The molecule has 1 aromatic carbocycles. The van der Waals surface area contributed by atoms with E-state index in [-0.39, 0.29) is 11.5 Å². The third-order valence-corrected chi connectivity index (χ3v) is 3.60. The van der Waals surface area contributed by atoms with Gasteiger partial charge in [0.2, 0.25) is 5.95 Å². The van der Waals surface area contributed by atoms with Gasteiger partial charge in [-0.3, -0.25) is 4.79 Å². The molecule has 0 unspecified atom stereocenters. The third-order valence-electron chi connectivity index (χ3n) is 2.70. The number of fused-ring (bicyclic) bond motifs is 1. The van der Waals surface area contributed by atoms with E-state index in [2.05, 4.69) is 10.3 Å². The van der Waals surface area contributed by atoms with Crippen LogP contribution in [0.25, 0.3) is 10.1 Å². The molecule has 0 saturated carbocycles. The summed E-state index contributed by atoms with van der Waals surface area (Å²) in [4.78, 5) is 15.4. The SMILES string of the molecule is O=C(Nc1ccc2sccc2c1)c1ccnc(F)c1. The monoisotopic (exact) mass is 272 g/mol. The number of rotatable bonds is 2. The lowest BCUT2D eigenvalue weighted by Gasteiger charge is -2.05. The van der Waals surface area contributed by atoms with Crippen LogP contribution < -0.4 is 5.32 Å². The molecule has 5 heteroatoms. The summed E-state index contributed by atoms with van der Waals surface area (Å²) in [5, 5.41) is 5.81. The number of nitrogens with one attached hydrogen (secondary N) is 1. The lowest BCUT2D eigenvalue weighted by Crippen LogP contribution is -2.12. The Bertz CT molecular complexity index is 754. The Morgan fingerprint density at radius 1 is 1.21 bits per heavy atom. The van der Waals surface area contributed by atoms with Crippen LogP contribution in [-0.4, -0.2) is 10.9 Å². The zero-order valence-corrected chi connectivity index (χ0v) is 10.6. The molecule has 0 bridgehead atoms. The highest BCUT2D eigenvalue weighted by Gasteiger charge is 2.07. The number of hydrogen-bond acceptors (Lipinski definition) is 3. The van der Waals surface area contributed by atoms with Crippen LogP contribution in [0, 0.1) is 5.95 Å². The Labute approximate surface area is 112 Å². The van der Waals surface area contributed by atoms with Gasteiger partial charge in [-0.15, -0.1) is 11.3 Å². The number of pyridine rings is 1. The maximum Gasteiger partial charge on any atom is 0.255 e. The van der Waals surface area contributed by atoms with Gasteiger partial charge in [0, 0.05) is 28.2 Å². The van der Waals surface area contributed by atoms with E-state index in [1.807, 2.05) is 29.6 Å². The van der Waals surface area contributed by atoms with E-state index in [0.29, 0.717) is 5.69 Å². The van der Waals surface area contributed by atoms with Crippen LogP contribution in [0.15, 0.2) is 48.0 Å². The molecule has 94 valence electrons. The molecule has 0 spiro atoms. The summed E-state index contributed by atoms with van der Waals surface area (Å²) in [6, 6.07) is 10.2. The normalized spacial score (nSPS) is 10.6. The second-order valence-corrected chi connectivity index (χ2v) is 4.94. The molecule has 0 fully saturated rings. The number of carbonyl (C=O) groups is 1. The molecule has 3 aromatic rings. The van der Waals surface area contributed by atoms with Crippen molar-refractivity contribution < 1.29 is 9.18 Å². The van der Waals surface area contributed by atoms with E-state index in [1.165, 1.54) is 12.3 Å². The number of amides is 1. The minimum absolute atomic E-state index is 0.248. The molecule has 19 heavy (non-hydrogen) atoms. The molecular formula is C14H9FN2OS. The van der Waals surface area contributed by atoms with Crippen LogP contribution in [0.2, 0.25) is 0 Å². The van der Waals surface area contributed by atoms with Crippen molar-refractivity contribution in [2.24, 2.45) is 0 Å². The summed E-state index contributed by atoms with van der Waals surface area (Å²) in [5.74, 6) is -1.02. The molecule has 0 saturated heterocycles. The minimum Gasteiger partial charge on any atom is -0.322 e. The van der Waals surface area contributed by atoms with Crippen LogP contribution in [-0.2, 0) is 0 Å². The first-order chi connectivity index (χ1) is 9.22. The van der Waals surface area contributed by atoms with Crippen molar-refractivity contribution in [2.45, 2.75) is 0 Å². The van der Waals surface area contributed by atoms with Crippen LogP contribution >= 0.6 is 11.3 Å². The zero-order chi connectivity index (χ0) is 13.2. The van der Waals surface area contributed by atoms with Crippen molar-refractivity contribution in [1.82, 2.24) is 4.98 Å². The highest BCUT2D eigenvalue weighted by Crippen LogP contribution is 2.24. The molecule has 3 nitrogen and oxygen atoms in total. The van der Waals surface area contributed by atoms with Gasteiger partial charge in [0.05, 0.1) is 0 Å². The van der Waals surface area contributed by atoms with Crippen molar-refractivity contribution in [2.75, 3.05) is 5.32 Å². The van der Waals surface area contributed by atoms with Gasteiger partial charge in [0.25, 0.3) is 5.91 Å². The van der Waals surface area contributed by atoms with Crippen molar-refractivity contribution >= 4 is 33.0 Å². The Morgan fingerprint density at radius 3 is 2.95 bits per heavy atom. The van der Waals surface area contributed by atoms with Crippen LogP contribution in [0.5, 0.6) is 0 Å². The summed E-state index contributed by atoms with van der Waals surface area (Å²) in [5.41, 5.74) is 0.936. The number of hydrogen-bond donors (Lipinski definition) is 1. The van der Waals surface area contributed by atoms with E-state index in [4.69, 9.17) is 0 Å². The molecule has 0 aliphatic carbocycles. The summed E-state index contributed by atoms with van der Waals surface area (Å²) in [7, 11) is 0. The number of carbonyl (C=O) groups excluding carboxylic acids is 1. The van der Waals surface area contributed by atoms with E-state index in [1.54, 1.807) is 11.3 Å². The minimum atomic E-state index is -0.666. The van der Waals surface area contributed by atoms with Crippen molar-refractivity contribution in [1.29, 1.82) is 0 Å². The number of halogens is 1. The highest BCUT2D eigenvalue weighted by atomic mass is 32.1. The predicted molar refractivity (Wildman–Crippen MR) is 74.0 cm³/mol. The van der Waals surface area contributed by atoms with Gasteiger partial charge in [0.15, 0.2) is 0 Å². The first-order valence-electron chi connectivity index (χ1n) is 5.62. The van der Waals surface area contributed by atoms with Gasteiger partial charge in [-0.2, -0.15) is 4.39 Å². The maximum atomic E-state index is 12.9. The summed E-state index contributed by atoms with van der Waals surface area (Å²) in [6.07, 6.45) is 1.27. The summed E-state index contributed by atoms with van der Waals surface area (Å²) < 4.78 is 14.1. The fraction of sp³-hybridized carbons (Fsp3) is 0. The van der Waals surface area contributed by atoms with Gasteiger partial charge in [0.1, 0.15) is 0 Å². The number of anilines is 1. The molecule has 0 aliphatic rings. The second kappa shape index (κ2) is 4.78. The largest absolute Gasteiger partial charge is 0.322 e. The molecule has 2 aromatic heterocycles. The van der Waals surface area contributed by atoms with Gasteiger partial charge < -0.3 is 5.32 Å². The quantitative estimate of drug-likeness (QED) is 0.723. The number of nitrogens with zero attached hydrogens (tertiary/aromatic N) is 1. The first-order valence-corrected chi connectivity index (χ1v) is 6.50. The van der Waals surface area contributed by atoms with Gasteiger partial charge in [-0.25, -0.2) is 4.98 Å². The van der Waals surface area contributed by atoms with Crippen molar-refractivity contribution in [3.05, 3.63) is 59.5 Å². The maximum absolute atomic E-state index is 12.9. The molecular weight excluding hydrogens is 263 g/mol. The molecule has 0 atom stereocenters. The van der Waals surface area contributed by atoms with Crippen molar-refractivity contribution in [3.8, 4) is 0 Å². The lowest BCUT2D eigenvalue weighted by atomic mass is 10.2. The highest BCUT2D eigenvalue weighted by molar-refractivity contribution is 7.17. The molecule has 0 radical (unpaired) electrons. The fourth-order valence-corrected chi connectivity index (χ4v) is 2.56. The van der Waals surface area contributed by atoms with Gasteiger partial charge in [-0.05, 0) is 41.1 Å². The van der Waals surface area contributed by atoms with Crippen LogP contribution in [0.3, 0.4) is 0 Å². The zero-order valence-electron chi connectivity index (χ0n) is 9.76. The fourth-order valence-electron chi connectivity index (χ4n) is 1.79. The predicted octanol–water partition coefficient (Wildman–Crippen LogP) is 3.69. The van der Waals surface area contributed by atoms with E-state index < -0.39 is 5.95 Å².